The van der Waals surface area contributed by atoms with Crippen LogP contribution in [0.25, 0.3) is 0 Å². The van der Waals surface area contributed by atoms with E-state index in [-0.39, 0.29) is 24.5 Å². The second-order valence-electron chi connectivity index (χ2n) is 8.32. The molecular weight excluding hydrogens is 396 g/mol. The number of rotatable bonds is 7. The number of aromatic nitrogens is 3. The number of hydrogen-bond donors (Lipinski definition) is 1. The maximum absolute atomic E-state index is 13.0. The van der Waals surface area contributed by atoms with Crippen molar-refractivity contribution in [1.82, 2.24) is 19.7 Å². The molecule has 0 aromatic carbocycles. The lowest BCUT2D eigenvalue weighted by Gasteiger charge is -2.31. The normalized spacial score (nSPS) is 18.1. The summed E-state index contributed by atoms with van der Waals surface area (Å²) in [7, 11) is 1.79. The molecule has 0 aliphatic carbocycles. The number of aryl methyl sites for hydroxylation is 3. The van der Waals surface area contributed by atoms with Gasteiger partial charge < -0.3 is 19.9 Å². The lowest BCUT2D eigenvalue weighted by atomic mass is 10.1. The van der Waals surface area contributed by atoms with Crippen molar-refractivity contribution < 1.29 is 14.3 Å². The molecule has 1 unspecified atom stereocenters. The van der Waals surface area contributed by atoms with Gasteiger partial charge in [-0.25, -0.2) is 4.98 Å². The van der Waals surface area contributed by atoms with Crippen LogP contribution in [0.1, 0.15) is 41.0 Å². The fourth-order valence-electron chi connectivity index (χ4n) is 4.17. The first-order chi connectivity index (χ1) is 14.9. The summed E-state index contributed by atoms with van der Waals surface area (Å²) in [5.74, 6) is 0.479. The van der Waals surface area contributed by atoms with Gasteiger partial charge in [-0.3, -0.25) is 14.3 Å². The van der Waals surface area contributed by atoms with Crippen LogP contribution in [0.15, 0.2) is 18.3 Å². The quantitative estimate of drug-likeness (QED) is 0.728. The second kappa shape index (κ2) is 9.05. The molecule has 2 aromatic heterocycles. The van der Waals surface area contributed by atoms with Crippen molar-refractivity contribution in [2.75, 3.05) is 43.5 Å². The highest BCUT2D eigenvalue weighted by molar-refractivity contribution is 6.04. The zero-order chi connectivity index (χ0) is 22.0. The number of fused-ring (bicyclic) bond motifs is 1. The molecule has 2 amide bonds. The Bertz CT molecular complexity index is 966. The summed E-state index contributed by atoms with van der Waals surface area (Å²) in [4.78, 5) is 33.3. The van der Waals surface area contributed by atoms with Crippen LogP contribution >= 0.6 is 0 Å². The van der Waals surface area contributed by atoms with Gasteiger partial charge in [0.05, 0.1) is 36.1 Å². The smallest absolute Gasteiger partial charge is 0.255 e. The fraction of sp³-hybridized carbons (Fsp3) is 0.545. The van der Waals surface area contributed by atoms with Gasteiger partial charge in [0.15, 0.2) is 0 Å². The minimum atomic E-state index is -0.112. The number of hydrogen-bond acceptors (Lipinski definition) is 6. The van der Waals surface area contributed by atoms with Crippen molar-refractivity contribution in [2.45, 2.75) is 45.8 Å². The minimum absolute atomic E-state index is 0.0336. The monoisotopic (exact) mass is 426 g/mol. The molecule has 4 rings (SSSR count). The largest absolute Gasteiger partial charge is 0.376 e. The summed E-state index contributed by atoms with van der Waals surface area (Å²) in [6.07, 6.45) is 4.36. The molecule has 0 radical (unpaired) electrons. The van der Waals surface area contributed by atoms with Crippen LogP contribution in [0.4, 0.5) is 11.5 Å². The summed E-state index contributed by atoms with van der Waals surface area (Å²) in [6, 6.07) is 3.81. The van der Waals surface area contributed by atoms with Crippen LogP contribution in [-0.4, -0.2) is 70.9 Å². The van der Waals surface area contributed by atoms with E-state index in [4.69, 9.17) is 4.74 Å². The van der Waals surface area contributed by atoms with Crippen LogP contribution in [0.5, 0.6) is 0 Å². The second-order valence-corrected chi connectivity index (χ2v) is 8.32. The maximum atomic E-state index is 13.0. The van der Waals surface area contributed by atoms with E-state index in [1.807, 2.05) is 24.6 Å². The number of amides is 2. The number of nitrogens with one attached hydrogen (secondary N) is 1. The van der Waals surface area contributed by atoms with Crippen molar-refractivity contribution >= 4 is 23.3 Å². The number of anilines is 2. The molecule has 1 fully saturated rings. The van der Waals surface area contributed by atoms with Gasteiger partial charge in [-0.15, -0.1) is 0 Å². The number of carbonyl (C=O) groups is 2. The molecule has 1 N–H and O–H groups in total. The van der Waals surface area contributed by atoms with Crippen LogP contribution < -0.4 is 10.2 Å². The third-order valence-electron chi connectivity index (χ3n) is 5.84. The lowest BCUT2D eigenvalue weighted by molar-refractivity contribution is -0.117. The summed E-state index contributed by atoms with van der Waals surface area (Å²) >= 11 is 0. The van der Waals surface area contributed by atoms with Gasteiger partial charge in [0.2, 0.25) is 5.91 Å². The number of carbonyl (C=O) groups excluding carboxylic acids is 2. The zero-order valence-corrected chi connectivity index (χ0v) is 18.4. The maximum Gasteiger partial charge on any atom is 0.255 e. The molecule has 9 heteroatoms. The summed E-state index contributed by atoms with van der Waals surface area (Å²) in [5, 5.41) is 7.51. The minimum Gasteiger partial charge on any atom is -0.376 e. The highest BCUT2D eigenvalue weighted by atomic mass is 16.5. The molecule has 0 saturated carbocycles. The van der Waals surface area contributed by atoms with Gasteiger partial charge in [-0.1, -0.05) is 0 Å². The Morgan fingerprint density at radius 3 is 2.90 bits per heavy atom. The van der Waals surface area contributed by atoms with E-state index < -0.39 is 0 Å². The van der Waals surface area contributed by atoms with Crippen LogP contribution in [0, 0.1) is 13.8 Å². The summed E-state index contributed by atoms with van der Waals surface area (Å²) in [6.45, 7) is 6.79. The highest BCUT2D eigenvalue weighted by Crippen LogP contribution is 2.30. The zero-order valence-electron chi connectivity index (χ0n) is 18.4. The van der Waals surface area contributed by atoms with E-state index in [2.05, 4.69) is 15.4 Å². The Labute approximate surface area is 182 Å². The van der Waals surface area contributed by atoms with E-state index >= 15 is 0 Å². The van der Waals surface area contributed by atoms with Gasteiger partial charge in [-0.05, 0) is 45.2 Å². The molecule has 2 aliphatic rings. The Hall–Kier alpha value is -2.94. The lowest BCUT2D eigenvalue weighted by Crippen LogP contribution is -2.44. The van der Waals surface area contributed by atoms with Crippen molar-refractivity contribution in [1.29, 1.82) is 0 Å². The third-order valence-corrected chi connectivity index (χ3v) is 5.84. The topological polar surface area (TPSA) is 92.6 Å². The highest BCUT2D eigenvalue weighted by Gasteiger charge is 2.30. The molecule has 4 heterocycles. The van der Waals surface area contributed by atoms with Gasteiger partial charge in [0, 0.05) is 38.6 Å². The number of nitrogens with zero attached hydrogens (tertiary/aromatic N) is 5. The van der Waals surface area contributed by atoms with Gasteiger partial charge in [0.1, 0.15) is 5.82 Å². The summed E-state index contributed by atoms with van der Waals surface area (Å²) < 4.78 is 7.68. The molecule has 0 spiro atoms. The predicted molar refractivity (Wildman–Crippen MR) is 117 cm³/mol. The Kier molecular flexibility index (Phi) is 6.22. The van der Waals surface area contributed by atoms with E-state index in [0.29, 0.717) is 30.2 Å². The first kappa shape index (κ1) is 21.3. The molecule has 1 saturated heterocycles. The molecule has 31 heavy (non-hydrogen) atoms. The van der Waals surface area contributed by atoms with Crippen LogP contribution in [0.2, 0.25) is 0 Å². The third kappa shape index (κ3) is 4.71. The molecule has 2 aromatic rings. The van der Waals surface area contributed by atoms with Crippen LogP contribution in [0.3, 0.4) is 0 Å². The molecule has 166 valence electrons. The number of pyridine rings is 1. The first-order valence-electron chi connectivity index (χ1n) is 10.8. The van der Waals surface area contributed by atoms with Gasteiger partial charge >= 0.3 is 0 Å². The van der Waals surface area contributed by atoms with Crippen molar-refractivity contribution in [3.63, 3.8) is 0 Å². The Morgan fingerprint density at radius 1 is 1.35 bits per heavy atom. The predicted octanol–water partition coefficient (Wildman–Crippen LogP) is 1.99. The molecule has 9 nitrogen and oxygen atoms in total. The van der Waals surface area contributed by atoms with Crippen molar-refractivity contribution in [3.05, 3.63) is 35.3 Å². The molecule has 2 aliphatic heterocycles. The number of ether oxygens (including phenoxy) is 1. The van der Waals surface area contributed by atoms with E-state index in [1.54, 1.807) is 29.1 Å². The summed E-state index contributed by atoms with van der Waals surface area (Å²) in [5.41, 5.74) is 3.24. The van der Waals surface area contributed by atoms with E-state index in [1.165, 1.54) is 0 Å². The average molecular weight is 427 g/mol. The Balaban J connectivity index is 1.42. The average Bonchev–Trinajstić information content (AvgIpc) is 3.38. The van der Waals surface area contributed by atoms with Crippen LogP contribution in [-0.2, 0) is 16.1 Å². The van der Waals surface area contributed by atoms with Crippen molar-refractivity contribution in [3.8, 4) is 0 Å². The fourth-order valence-corrected chi connectivity index (χ4v) is 4.17. The first-order valence-corrected chi connectivity index (χ1v) is 10.8. The van der Waals surface area contributed by atoms with Crippen molar-refractivity contribution in [2.24, 2.45) is 0 Å². The van der Waals surface area contributed by atoms with Gasteiger partial charge in [0.25, 0.3) is 5.91 Å². The molecule has 1 atom stereocenters. The SMILES string of the molecule is Cc1cc(C)n(CCCN(C)C(=O)c2cnc3c(c2)N(CC2CCCO2)C(=O)CN3)n1. The molecule has 0 bridgehead atoms. The van der Waals surface area contributed by atoms with Gasteiger partial charge in [-0.2, -0.15) is 5.10 Å². The standard InChI is InChI=1S/C22H30N6O3/c1-15-10-16(2)28(25-15)8-5-7-26(3)22(30)17-11-19-21(23-12-17)24-13-20(29)27(19)14-18-6-4-9-31-18/h10-12,18H,4-9,13-14H2,1-3H3,(H,23,24). The molecular formula is C22H30N6O3. The van der Waals surface area contributed by atoms with E-state index in [0.717, 1.165) is 43.8 Å². The Morgan fingerprint density at radius 2 is 2.19 bits per heavy atom. The van der Waals surface area contributed by atoms with E-state index in [9.17, 15) is 9.59 Å².